The number of ether oxygens (including phenoxy) is 1. The maximum absolute atomic E-state index is 12.7. The Labute approximate surface area is 202 Å². The third-order valence-corrected chi connectivity index (χ3v) is 6.35. The van der Waals surface area contributed by atoms with E-state index in [-0.39, 0.29) is 18.4 Å². The van der Waals surface area contributed by atoms with Crippen molar-refractivity contribution < 1.29 is 18.7 Å². The molecule has 0 saturated carbocycles. The summed E-state index contributed by atoms with van der Waals surface area (Å²) in [5.41, 5.74) is 1.52. The number of rotatable bonds is 7. The van der Waals surface area contributed by atoms with Crippen LogP contribution in [0.5, 0.6) is 5.75 Å². The van der Waals surface area contributed by atoms with Gasteiger partial charge in [-0.1, -0.05) is 52.0 Å². The summed E-state index contributed by atoms with van der Waals surface area (Å²) in [5, 5.41) is 2.77. The van der Waals surface area contributed by atoms with E-state index in [9.17, 15) is 9.59 Å². The predicted octanol–water partition coefficient (Wildman–Crippen LogP) is 5.46. The first-order valence-corrected chi connectivity index (χ1v) is 11.6. The van der Waals surface area contributed by atoms with Crippen LogP contribution >= 0.6 is 39.9 Å². The molecule has 0 atom stereocenters. The highest BCUT2D eigenvalue weighted by atomic mass is 79.9. The van der Waals surface area contributed by atoms with Crippen molar-refractivity contribution in [3.05, 3.63) is 87.6 Å². The monoisotopic (exact) mass is 528 g/mol. The summed E-state index contributed by atoms with van der Waals surface area (Å²) < 4.78 is 12.3. The lowest BCUT2D eigenvalue weighted by Crippen LogP contribution is -2.27. The molecule has 2 heterocycles. The Bertz CT molecular complexity index is 1160. The van der Waals surface area contributed by atoms with Crippen LogP contribution in [0.4, 0.5) is 5.69 Å². The molecule has 1 fully saturated rings. The van der Waals surface area contributed by atoms with Crippen molar-refractivity contribution in [3.8, 4) is 5.75 Å². The van der Waals surface area contributed by atoms with Gasteiger partial charge >= 0.3 is 0 Å². The fraction of sp³-hybridized carbons (Fsp3) is 0.0870. The van der Waals surface area contributed by atoms with Gasteiger partial charge in [-0.3, -0.25) is 14.5 Å². The third-order valence-electron chi connectivity index (χ3n) is 4.44. The molecule has 32 heavy (non-hydrogen) atoms. The molecular weight excluding hydrogens is 512 g/mol. The molecule has 6 nitrogen and oxygen atoms in total. The molecule has 0 spiro atoms. The zero-order chi connectivity index (χ0) is 22.5. The standard InChI is InChI=1S/C23H17BrN2O4S2/c24-16-5-7-17(8-6-16)25-21(27)14-30-18-9-3-15(4-10-18)12-20-22(28)26(23(31)32-20)13-19-2-1-11-29-19/h1-12H,13-14H2,(H,25,27)/b20-12-. The number of anilines is 1. The summed E-state index contributed by atoms with van der Waals surface area (Å²) in [6.45, 7) is 0.199. The van der Waals surface area contributed by atoms with E-state index in [0.717, 1.165) is 10.0 Å². The lowest BCUT2D eigenvalue weighted by molar-refractivity contribution is -0.122. The highest BCUT2D eigenvalue weighted by Gasteiger charge is 2.32. The summed E-state index contributed by atoms with van der Waals surface area (Å²) in [5.74, 6) is 0.824. The lowest BCUT2D eigenvalue weighted by Gasteiger charge is -2.12. The van der Waals surface area contributed by atoms with Crippen LogP contribution in [0, 0.1) is 0 Å². The number of hydrogen-bond donors (Lipinski definition) is 1. The summed E-state index contributed by atoms with van der Waals surface area (Å²) >= 11 is 9.95. The second-order valence-electron chi connectivity index (χ2n) is 6.76. The Hall–Kier alpha value is -2.88. The van der Waals surface area contributed by atoms with E-state index in [1.165, 1.54) is 16.7 Å². The number of nitrogens with zero attached hydrogens (tertiary/aromatic N) is 1. The molecule has 3 aromatic rings. The van der Waals surface area contributed by atoms with Crippen molar-refractivity contribution >= 4 is 67.8 Å². The summed E-state index contributed by atoms with van der Waals surface area (Å²) in [7, 11) is 0. The maximum Gasteiger partial charge on any atom is 0.266 e. The second kappa shape index (κ2) is 10.2. The highest BCUT2D eigenvalue weighted by molar-refractivity contribution is 9.10. The molecule has 0 unspecified atom stereocenters. The third kappa shape index (κ3) is 5.67. The molecule has 2 amide bonds. The van der Waals surface area contributed by atoms with Gasteiger partial charge in [-0.25, -0.2) is 0 Å². The van der Waals surface area contributed by atoms with Gasteiger partial charge in [-0.2, -0.15) is 0 Å². The van der Waals surface area contributed by atoms with Gasteiger partial charge in [0, 0.05) is 10.2 Å². The van der Waals surface area contributed by atoms with Crippen LogP contribution < -0.4 is 10.1 Å². The van der Waals surface area contributed by atoms with Gasteiger partial charge in [-0.15, -0.1) is 0 Å². The van der Waals surface area contributed by atoms with Gasteiger partial charge in [0.1, 0.15) is 15.8 Å². The van der Waals surface area contributed by atoms with E-state index in [2.05, 4.69) is 21.2 Å². The highest BCUT2D eigenvalue weighted by Crippen LogP contribution is 2.33. The number of halogens is 1. The zero-order valence-corrected chi connectivity index (χ0v) is 19.8. The Morgan fingerprint density at radius 3 is 2.59 bits per heavy atom. The quantitative estimate of drug-likeness (QED) is 0.324. The summed E-state index contributed by atoms with van der Waals surface area (Å²) in [6, 6.07) is 18.0. The van der Waals surface area contributed by atoms with Crippen LogP contribution in [0.3, 0.4) is 0 Å². The Morgan fingerprint density at radius 1 is 1.16 bits per heavy atom. The van der Waals surface area contributed by atoms with E-state index in [0.29, 0.717) is 33.0 Å². The number of nitrogens with one attached hydrogen (secondary N) is 1. The Balaban J connectivity index is 1.32. The van der Waals surface area contributed by atoms with Gasteiger partial charge in [0.05, 0.1) is 17.7 Å². The van der Waals surface area contributed by atoms with Crippen molar-refractivity contribution in [1.29, 1.82) is 0 Å². The molecule has 0 aliphatic carbocycles. The molecule has 1 saturated heterocycles. The molecule has 1 aliphatic heterocycles. The largest absolute Gasteiger partial charge is 0.484 e. The smallest absolute Gasteiger partial charge is 0.266 e. The topological polar surface area (TPSA) is 71.8 Å². The minimum Gasteiger partial charge on any atom is -0.484 e. The number of hydrogen-bond acceptors (Lipinski definition) is 6. The van der Waals surface area contributed by atoms with Crippen LogP contribution in [0.1, 0.15) is 11.3 Å². The first-order chi connectivity index (χ1) is 15.5. The molecular formula is C23H17BrN2O4S2. The van der Waals surface area contributed by atoms with E-state index in [1.807, 2.05) is 24.3 Å². The van der Waals surface area contributed by atoms with Crippen molar-refractivity contribution in [1.82, 2.24) is 4.90 Å². The average Bonchev–Trinajstić information content (AvgIpc) is 3.39. The maximum atomic E-state index is 12.7. The molecule has 162 valence electrons. The van der Waals surface area contributed by atoms with Crippen molar-refractivity contribution in [2.75, 3.05) is 11.9 Å². The molecule has 1 aromatic heterocycles. The molecule has 1 N–H and O–H groups in total. The predicted molar refractivity (Wildman–Crippen MR) is 132 cm³/mol. The first kappa shape index (κ1) is 22.3. The van der Waals surface area contributed by atoms with Crippen LogP contribution in [0.15, 0.2) is 80.7 Å². The molecule has 1 aliphatic rings. The number of thiocarbonyl (C=S) groups is 1. The molecule has 0 radical (unpaired) electrons. The lowest BCUT2D eigenvalue weighted by atomic mass is 10.2. The van der Waals surface area contributed by atoms with E-state index in [4.69, 9.17) is 21.4 Å². The van der Waals surface area contributed by atoms with Gasteiger partial charge in [0.2, 0.25) is 0 Å². The number of amides is 2. The van der Waals surface area contributed by atoms with Crippen molar-refractivity contribution in [3.63, 3.8) is 0 Å². The van der Waals surface area contributed by atoms with Gasteiger partial charge < -0.3 is 14.5 Å². The minimum absolute atomic E-state index is 0.110. The molecule has 4 rings (SSSR count). The van der Waals surface area contributed by atoms with Crippen molar-refractivity contribution in [2.45, 2.75) is 6.54 Å². The normalized spacial score (nSPS) is 14.8. The number of thioether (sulfide) groups is 1. The zero-order valence-electron chi connectivity index (χ0n) is 16.6. The van der Waals surface area contributed by atoms with Crippen LogP contribution in [0.2, 0.25) is 0 Å². The fourth-order valence-corrected chi connectivity index (χ4v) is 4.40. The second-order valence-corrected chi connectivity index (χ2v) is 9.35. The van der Waals surface area contributed by atoms with Gasteiger partial charge in [0.15, 0.2) is 6.61 Å². The number of furan rings is 1. The van der Waals surface area contributed by atoms with Crippen LogP contribution in [0.25, 0.3) is 6.08 Å². The van der Waals surface area contributed by atoms with Crippen molar-refractivity contribution in [2.24, 2.45) is 0 Å². The van der Waals surface area contributed by atoms with Gasteiger partial charge in [0.25, 0.3) is 11.8 Å². The first-order valence-electron chi connectivity index (χ1n) is 9.54. The van der Waals surface area contributed by atoms with Gasteiger partial charge in [-0.05, 0) is 60.2 Å². The van der Waals surface area contributed by atoms with Crippen LogP contribution in [-0.4, -0.2) is 27.6 Å². The summed E-state index contributed by atoms with van der Waals surface area (Å²) in [6.07, 6.45) is 3.35. The minimum atomic E-state index is -0.253. The number of carbonyl (C=O) groups is 2. The number of benzene rings is 2. The van der Waals surface area contributed by atoms with E-state index < -0.39 is 0 Å². The Kier molecular flexibility index (Phi) is 7.09. The SMILES string of the molecule is O=C(COc1ccc(/C=C2\SC(=S)N(Cc3ccco3)C2=O)cc1)Nc1ccc(Br)cc1. The molecule has 2 aromatic carbocycles. The van der Waals surface area contributed by atoms with E-state index >= 15 is 0 Å². The van der Waals surface area contributed by atoms with Crippen LogP contribution in [-0.2, 0) is 16.1 Å². The number of carbonyl (C=O) groups excluding carboxylic acids is 2. The molecule has 9 heteroatoms. The summed E-state index contributed by atoms with van der Waals surface area (Å²) in [4.78, 5) is 26.8. The Morgan fingerprint density at radius 2 is 1.91 bits per heavy atom. The fourth-order valence-electron chi connectivity index (χ4n) is 2.89. The average molecular weight is 529 g/mol. The van der Waals surface area contributed by atoms with E-state index in [1.54, 1.807) is 48.7 Å². The molecule has 0 bridgehead atoms.